The summed E-state index contributed by atoms with van der Waals surface area (Å²) in [5.41, 5.74) is 2.34. The second kappa shape index (κ2) is 10.4. The quantitative estimate of drug-likeness (QED) is 0.300. The molecule has 198 valence electrons. The summed E-state index contributed by atoms with van der Waals surface area (Å²) in [5.74, 6) is 0.386. The monoisotopic (exact) mass is 512 g/mol. The molecule has 0 spiro atoms. The second-order valence-electron chi connectivity index (χ2n) is 10.8. The Morgan fingerprint density at radius 2 is 1.32 bits per heavy atom. The molecule has 0 unspecified atom stereocenters. The van der Waals surface area contributed by atoms with Gasteiger partial charge in [0.25, 0.3) is 17.7 Å². The number of rotatable bonds is 9. The van der Waals surface area contributed by atoms with Crippen LogP contribution < -0.4 is 10.1 Å². The van der Waals surface area contributed by atoms with Crippen molar-refractivity contribution in [3.8, 4) is 11.5 Å². The Morgan fingerprint density at radius 3 is 1.87 bits per heavy atom. The Balaban J connectivity index is 1.44. The molecule has 0 fully saturated rings. The minimum atomic E-state index is -0.562. The van der Waals surface area contributed by atoms with E-state index in [4.69, 9.17) is 4.74 Å². The number of nitrogens with zero attached hydrogens (tertiary/aromatic N) is 1. The van der Waals surface area contributed by atoms with Gasteiger partial charge in [0.15, 0.2) is 0 Å². The SMILES string of the molecule is CCC(C)(C)c1ccc(Oc2ccc(NC(=O)c3ccc4c(c3)C(=O)N(C(C)(CC)CC)C4=O)cc2)cc1. The fourth-order valence-electron chi connectivity index (χ4n) is 4.56. The number of hydrogen-bond donors (Lipinski definition) is 1. The number of ether oxygens (including phenoxy) is 1. The molecule has 38 heavy (non-hydrogen) atoms. The van der Waals surface area contributed by atoms with E-state index >= 15 is 0 Å². The maximum atomic E-state index is 13.1. The topological polar surface area (TPSA) is 75.7 Å². The minimum Gasteiger partial charge on any atom is -0.457 e. The van der Waals surface area contributed by atoms with E-state index in [1.54, 1.807) is 36.4 Å². The van der Waals surface area contributed by atoms with Crippen molar-refractivity contribution in [1.82, 2.24) is 4.90 Å². The number of hydrogen-bond acceptors (Lipinski definition) is 4. The number of carbonyl (C=O) groups is 3. The number of imide groups is 1. The highest BCUT2D eigenvalue weighted by Gasteiger charge is 2.44. The van der Waals surface area contributed by atoms with Gasteiger partial charge < -0.3 is 10.1 Å². The van der Waals surface area contributed by atoms with Crippen LogP contribution in [0.15, 0.2) is 66.7 Å². The predicted molar refractivity (Wildman–Crippen MR) is 150 cm³/mol. The average molecular weight is 513 g/mol. The third-order valence-electron chi connectivity index (χ3n) is 8.08. The summed E-state index contributed by atoms with van der Waals surface area (Å²) >= 11 is 0. The van der Waals surface area contributed by atoms with Crippen LogP contribution >= 0.6 is 0 Å². The van der Waals surface area contributed by atoms with Gasteiger partial charge in [0.05, 0.1) is 11.1 Å². The number of amides is 3. The van der Waals surface area contributed by atoms with Crippen molar-refractivity contribution in [3.63, 3.8) is 0 Å². The average Bonchev–Trinajstić information content (AvgIpc) is 3.19. The van der Waals surface area contributed by atoms with Gasteiger partial charge in [-0.15, -0.1) is 0 Å². The summed E-state index contributed by atoms with van der Waals surface area (Å²) < 4.78 is 5.97. The summed E-state index contributed by atoms with van der Waals surface area (Å²) in [6.45, 7) is 12.5. The molecule has 1 aliphatic rings. The molecule has 6 nitrogen and oxygen atoms in total. The van der Waals surface area contributed by atoms with Crippen LogP contribution in [-0.2, 0) is 5.41 Å². The Morgan fingerprint density at radius 1 is 0.763 bits per heavy atom. The van der Waals surface area contributed by atoms with Crippen molar-refractivity contribution < 1.29 is 19.1 Å². The molecule has 6 heteroatoms. The smallest absolute Gasteiger partial charge is 0.262 e. The van der Waals surface area contributed by atoms with Crippen LogP contribution in [0, 0.1) is 0 Å². The van der Waals surface area contributed by atoms with Crippen molar-refractivity contribution in [2.75, 3.05) is 5.32 Å². The van der Waals surface area contributed by atoms with Gasteiger partial charge in [-0.1, -0.05) is 46.8 Å². The standard InChI is InChI=1S/C32H36N2O4/c1-7-31(4,5)22-11-15-24(16-12-22)38-25-17-13-23(14-18-25)33-28(35)21-10-19-26-27(20-21)30(37)34(29(26)36)32(6,8-2)9-3/h10-20H,7-9H2,1-6H3,(H,33,35). The van der Waals surface area contributed by atoms with E-state index in [2.05, 4.69) is 38.2 Å². The molecule has 0 atom stereocenters. The maximum absolute atomic E-state index is 13.1. The van der Waals surface area contributed by atoms with Gasteiger partial charge in [-0.2, -0.15) is 0 Å². The number of carbonyl (C=O) groups excluding carboxylic acids is 3. The van der Waals surface area contributed by atoms with E-state index in [9.17, 15) is 14.4 Å². The third-order valence-corrected chi connectivity index (χ3v) is 8.08. The first-order valence-electron chi connectivity index (χ1n) is 13.3. The van der Waals surface area contributed by atoms with Crippen LogP contribution in [0.25, 0.3) is 0 Å². The summed E-state index contributed by atoms with van der Waals surface area (Å²) in [5, 5.41) is 2.86. The Bertz CT molecular complexity index is 1350. The molecule has 3 aromatic rings. The molecule has 0 saturated heterocycles. The highest BCUT2D eigenvalue weighted by molar-refractivity contribution is 6.22. The molecular weight excluding hydrogens is 476 g/mol. The molecule has 3 aromatic carbocycles. The molecule has 0 radical (unpaired) electrons. The molecule has 0 saturated carbocycles. The highest BCUT2D eigenvalue weighted by atomic mass is 16.5. The molecule has 0 aromatic heterocycles. The van der Waals surface area contributed by atoms with E-state index in [0.717, 1.165) is 12.2 Å². The van der Waals surface area contributed by atoms with Gasteiger partial charge in [-0.25, -0.2) is 0 Å². The highest BCUT2D eigenvalue weighted by Crippen LogP contribution is 2.34. The van der Waals surface area contributed by atoms with Crippen molar-refractivity contribution in [3.05, 3.63) is 89.0 Å². The summed E-state index contributed by atoms with van der Waals surface area (Å²) in [4.78, 5) is 40.4. The van der Waals surface area contributed by atoms with E-state index in [0.29, 0.717) is 35.4 Å². The first-order valence-corrected chi connectivity index (χ1v) is 13.3. The van der Waals surface area contributed by atoms with Crippen LogP contribution in [0.3, 0.4) is 0 Å². The van der Waals surface area contributed by atoms with Crippen LogP contribution in [0.1, 0.15) is 97.4 Å². The van der Waals surface area contributed by atoms with Gasteiger partial charge >= 0.3 is 0 Å². The number of nitrogens with one attached hydrogen (secondary N) is 1. The third kappa shape index (κ3) is 5.08. The summed E-state index contributed by atoms with van der Waals surface area (Å²) in [7, 11) is 0. The van der Waals surface area contributed by atoms with E-state index in [-0.39, 0.29) is 28.7 Å². The van der Waals surface area contributed by atoms with Crippen molar-refractivity contribution >= 4 is 23.4 Å². The van der Waals surface area contributed by atoms with Gasteiger partial charge in [-0.05, 0) is 91.8 Å². The zero-order valence-electron chi connectivity index (χ0n) is 23.1. The fraction of sp³-hybridized carbons (Fsp3) is 0.344. The van der Waals surface area contributed by atoms with Gasteiger partial charge in [-0.3, -0.25) is 19.3 Å². The normalized spacial score (nSPS) is 13.5. The number of fused-ring (bicyclic) bond motifs is 1. The van der Waals surface area contributed by atoms with Gasteiger partial charge in [0, 0.05) is 16.8 Å². The van der Waals surface area contributed by atoms with E-state index in [1.165, 1.54) is 16.5 Å². The largest absolute Gasteiger partial charge is 0.457 e. The molecule has 1 N–H and O–H groups in total. The zero-order valence-corrected chi connectivity index (χ0v) is 23.1. The first-order chi connectivity index (χ1) is 18.0. The molecule has 0 bridgehead atoms. The number of benzene rings is 3. The van der Waals surface area contributed by atoms with Crippen LogP contribution in [0.4, 0.5) is 5.69 Å². The molecule has 1 aliphatic heterocycles. The van der Waals surface area contributed by atoms with Crippen molar-refractivity contribution in [2.45, 2.75) is 71.8 Å². The van der Waals surface area contributed by atoms with Crippen molar-refractivity contribution in [2.24, 2.45) is 0 Å². The van der Waals surface area contributed by atoms with Crippen LogP contribution in [-0.4, -0.2) is 28.2 Å². The molecule has 1 heterocycles. The maximum Gasteiger partial charge on any atom is 0.262 e. The lowest BCUT2D eigenvalue weighted by Crippen LogP contribution is -2.48. The second-order valence-corrected chi connectivity index (χ2v) is 10.8. The summed E-state index contributed by atoms with van der Waals surface area (Å²) in [6, 6.07) is 19.9. The fourth-order valence-corrected chi connectivity index (χ4v) is 4.56. The Hall–Kier alpha value is -3.93. The lowest BCUT2D eigenvalue weighted by molar-refractivity contribution is 0.0434. The van der Waals surface area contributed by atoms with Crippen LogP contribution in [0.5, 0.6) is 11.5 Å². The van der Waals surface area contributed by atoms with Gasteiger partial charge in [0.2, 0.25) is 0 Å². The number of anilines is 1. The molecule has 3 amide bonds. The Kier molecular flexibility index (Phi) is 7.45. The molecular formula is C32H36N2O4. The Labute approximate surface area is 225 Å². The zero-order chi connectivity index (χ0) is 27.7. The van der Waals surface area contributed by atoms with Gasteiger partial charge in [0.1, 0.15) is 11.5 Å². The summed E-state index contributed by atoms with van der Waals surface area (Å²) in [6.07, 6.45) is 2.37. The first kappa shape index (κ1) is 27.1. The van der Waals surface area contributed by atoms with Crippen molar-refractivity contribution in [1.29, 1.82) is 0 Å². The lowest BCUT2D eigenvalue weighted by Gasteiger charge is -2.35. The van der Waals surface area contributed by atoms with Crippen LogP contribution in [0.2, 0.25) is 0 Å². The molecule has 0 aliphatic carbocycles. The lowest BCUT2D eigenvalue weighted by atomic mass is 9.82. The minimum absolute atomic E-state index is 0.116. The molecule has 4 rings (SSSR count). The van der Waals surface area contributed by atoms with E-state index < -0.39 is 5.54 Å². The van der Waals surface area contributed by atoms with E-state index in [1.807, 2.05) is 32.9 Å². The predicted octanol–water partition coefficient (Wildman–Crippen LogP) is 7.59.